The van der Waals surface area contributed by atoms with Crippen LogP contribution in [0.4, 0.5) is 0 Å². The predicted molar refractivity (Wildman–Crippen MR) is 74.5 cm³/mol. The molecule has 1 atom stereocenters. The first-order valence-corrected chi connectivity index (χ1v) is 6.93. The number of amides is 1. The SMILES string of the molecule is NC(C(=O)NCCCOCC1CC1)c1ccccc1. The second-order valence-corrected chi connectivity index (χ2v) is 5.05. The van der Waals surface area contributed by atoms with Crippen LogP contribution in [-0.2, 0) is 9.53 Å². The zero-order valence-corrected chi connectivity index (χ0v) is 11.2. The van der Waals surface area contributed by atoms with Crippen LogP contribution in [0.25, 0.3) is 0 Å². The maximum atomic E-state index is 11.8. The van der Waals surface area contributed by atoms with Crippen molar-refractivity contribution in [2.24, 2.45) is 11.7 Å². The first kappa shape index (κ1) is 14.0. The number of carbonyl (C=O) groups is 1. The molecule has 4 heteroatoms. The minimum absolute atomic E-state index is 0.131. The van der Waals surface area contributed by atoms with Crippen LogP contribution in [0.1, 0.15) is 30.9 Å². The van der Waals surface area contributed by atoms with Crippen LogP contribution in [0.5, 0.6) is 0 Å². The summed E-state index contributed by atoms with van der Waals surface area (Å²) in [7, 11) is 0. The molecule has 4 nitrogen and oxygen atoms in total. The summed E-state index contributed by atoms with van der Waals surface area (Å²) in [6.45, 7) is 2.19. The molecule has 1 aliphatic carbocycles. The minimum Gasteiger partial charge on any atom is -0.381 e. The summed E-state index contributed by atoms with van der Waals surface area (Å²) in [6, 6.07) is 8.81. The summed E-state index contributed by atoms with van der Waals surface area (Å²) in [5.41, 5.74) is 6.72. The number of nitrogens with two attached hydrogens (primary N) is 1. The van der Waals surface area contributed by atoms with Gasteiger partial charge in [-0.05, 0) is 30.7 Å². The molecule has 1 aromatic carbocycles. The first-order chi connectivity index (χ1) is 9.27. The van der Waals surface area contributed by atoms with Crippen molar-refractivity contribution in [2.45, 2.75) is 25.3 Å². The Kier molecular flexibility index (Phi) is 5.36. The topological polar surface area (TPSA) is 64.4 Å². The molecule has 1 aliphatic rings. The Morgan fingerprint density at radius 1 is 1.37 bits per heavy atom. The van der Waals surface area contributed by atoms with E-state index in [4.69, 9.17) is 10.5 Å². The van der Waals surface area contributed by atoms with Crippen LogP contribution in [-0.4, -0.2) is 25.7 Å². The van der Waals surface area contributed by atoms with Crippen molar-refractivity contribution in [1.82, 2.24) is 5.32 Å². The highest BCUT2D eigenvalue weighted by Crippen LogP contribution is 2.28. The fraction of sp³-hybridized carbons (Fsp3) is 0.533. The molecule has 0 bridgehead atoms. The number of carbonyl (C=O) groups excluding carboxylic acids is 1. The van der Waals surface area contributed by atoms with Gasteiger partial charge in [0.25, 0.3) is 0 Å². The van der Waals surface area contributed by atoms with Crippen molar-refractivity contribution in [1.29, 1.82) is 0 Å². The van der Waals surface area contributed by atoms with Gasteiger partial charge in [-0.2, -0.15) is 0 Å². The summed E-state index contributed by atoms with van der Waals surface area (Å²) in [6.07, 6.45) is 3.45. The Bertz CT molecular complexity index is 390. The minimum atomic E-state index is -0.589. The molecule has 0 aromatic heterocycles. The molecule has 2 rings (SSSR count). The van der Waals surface area contributed by atoms with E-state index >= 15 is 0 Å². The van der Waals surface area contributed by atoms with Gasteiger partial charge in [-0.25, -0.2) is 0 Å². The third-order valence-electron chi connectivity index (χ3n) is 3.26. The lowest BCUT2D eigenvalue weighted by atomic mass is 10.1. The fourth-order valence-corrected chi connectivity index (χ4v) is 1.84. The van der Waals surface area contributed by atoms with Crippen molar-refractivity contribution >= 4 is 5.91 Å². The molecule has 1 saturated carbocycles. The Hall–Kier alpha value is -1.39. The van der Waals surface area contributed by atoms with Crippen molar-refractivity contribution in [3.63, 3.8) is 0 Å². The van der Waals surface area contributed by atoms with Crippen LogP contribution >= 0.6 is 0 Å². The van der Waals surface area contributed by atoms with E-state index in [9.17, 15) is 4.79 Å². The molecule has 0 radical (unpaired) electrons. The molecule has 19 heavy (non-hydrogen) atoms. The summed E-state index contributed by atoms with van der Waals surface area (Å²) in [5, 5.41) is 2.84. The van der Waals surface area contributed by atoms with Gasteiger partial charge in [-0.15, -0.1) is 0 Å². The number of benzene rings is 1. The zero-order valence-electron chi connectivity index (χ0n) is 11.2. The monoisotopic (exact) mass is 262 g/mol. The molecule has 0 heterocycles. The van der Waals surface area contributed by atoms with Gasteiger partial charge in [0.2, 0.25) is 5.91 Å². The van der Waals surface area contributed by atoms with Crippen molar-refractivity contribution in [3.05, 3.63) is 35.9 Å². The van der Waals surface area contributed by atoms with E-state index in [1.807, 2.05) is 30.3 Å². The maximum absolute atomic E-state index is 11.8. The first-order valence-electron chi connectivity index (χ1n) is 6.93. The Balaban J connectivity index is 1.58. The molecule has 1 unspecified atom stereocenters. The van der Waals surface area contributed by atoms with E-state index in [0.717, 1.165) is 24.5 Å². The van der Waals surface area contributed by atoms with E-state index in [0.29, 0.717) is 13.2 Å². The molecule has 1 amide bonds. The van der Waals surface area contributed by atoms with Gasteiger partial charge in [0.1, 0.15) is 6.04 Å². The van der Waals surface area contributed by atoms with E-state index in [1.54, 1.807) is 0 Å². The summed E-state index contributed by atoms with van der Waals surface area (Å²) < 4.78 is 5.50. The highest BCUT2D eigenvalue weighted by Gasteiger charge is 2.20. The summed E-state index contributed by atoms with van der Waals surface area (Å²) in [5.74, 6) is 0.662. The summed E-state index contributed by atoms with van der Waals surface area (Å²) in [4.78, 5) is 11.8. The van der Waals surface area contributed by atoms with Crippen LogP contribution < -0.4 is 11.1 Å². The molecule has 3 N–H and O–H groups in total. The molecule has 1 fully saturated rings. The van der Waals surface area contributed by atoms with Crippen LogP contribution in [0.2, 0.25) is 0 Å². The van der Waals surface area contributed by atoms with E-state index in [-0.39, 0.29) is 5.91 Å². The van der Waals surface area contributed by atoms with Crippen LogP contribution in [0.3, 0.4) is 0 Å². The molecular weight excluding hydrogens is 240 g/mol. The molecular formula is C15H22N2O2. The van der Waals surface area contributed by atoms with Crippen molar-refractivity contribution in [2.75, 3.05) is 19.8 Å². The number of nitrogens with one attached hydrogen (secondary N) is 1. The molecule has 1 aromatic rings. The third kappa shape index (κ3) is 5.01. The standard InChI is InChI=1S/C15H22N2O2/c16-14(13-5-2-1-3-6-13)15(18)17-9-4-10-19-11-12-7-8-12/h1-3,5-6,12,14H,4,7-11,16H2,(H,17,18). The van der Waals surface area contributed by atoms with Gasteiger partial charge in [0.05, 0.1) is 0 Å². The van der Waals surface area contributed by atoms with E-state index in [2.05, 4.69) is 5.32 Å². The average molecular weight is 262 g/mol. The maximum Gasteiger partial charge on any atom is 0.241 e. The van der Waals surface area contributed by atoms with Gasteiger partial charge in [0, 0.05) is 19.8 Å². The Labute approximate surface area is 114 Å². The highest BCUT2D eigenvalue weighted by atomic mass is 16.5. The van der Waals surface area contributed by atoms with Gasteiger partial charge < -0.3 is 15.8 Å². The number of ether oxygens (including phenoxy) is 1. The largest absolute Gasteiger partial charge is 0.381 e. The van der Waals surface area contributed by atoms with Gasteiger partial charge >= 0.3 is 0 Å². The second kappa shape index (κ2) is 7.26. The van der Waals surface area contributed by atoms with Gasteiger partial charge in [-0.1, -0.05) is 30.3 Å². The van der Waals surface area contributed by atoms with Crippen molar-refractivity contribution in [3.8, 4) is 0 Å². The van der Waals surface area contributed by atoms with E-state index in [1.165, 1.54) is 12.8 Å². The third-order valence-corrected chi connectivity index (χ3v) is 3.26. The summed E-state index contributed by atoms with van der Waals surface area (Å²) >= 11 is 0. The highest BCUT2D eigenvalue weighted by molar-refractivity contribution is 5.82. The molecule has 104 valence electrons. The van der Waals surface area contributed by atoms with Gasteiger partial charge in [-0.3, -0.25) is 4.79 Å². The van der Waals surface area contributed by atoms with Gasteiger partial charge in [0.15, 0.2) is 0 Å². The Morgan fingerprint density at radius 2 is 2.11 bits per heavy atom. The lowest BCUT2D eigenvalue weighted by Crippen LogP contribution is -2.34. The lowest BCUT2D eigenvalue weighted by molar-refractivity contribution is -0.122. The zero-order chi connectivity index (χ0) is 13.5. The predicted octanol–water partition coefficient (Wildman–Crippen LogP) is 1.62. The normalized spacial score (nSPS) is 16.1. The van der Waals surface area contributed by atoms with Crippen LogP contribution in [0, 0.1) is 5.92 Å². The molecule has 0 saturated heterocycles. The van der Waals surface area contributed by atoms with E-state index < -0.39 is 6.04 Å². The smallest absolute Gasteiger partial charge is 0.241 e. The second-order valence-electron chi connectivity index (χ2n) is 5.05. The molecule has 0 aliphatic heterocycles. The Morgan fingerprint density at radius 3 is 2.79 bits per heavy atom. The number of hydrogen-bond donors (Lipinski definition) is 2. The average Bonchev–Trinajstić information content (AvgIpc) is 3.26. The number of hydrogen-bond acceptors (Lipinski definition) is 3. The lowest BCUT2D eigenvalue weighted by Gasteiger charge is -2.12. The fourth-order valence-electron chi connectivity index (χ4n) is 1.84. The molecule has 0 spiro atoms. The number of rotatable bonds is 8. The van der Waals surface area contributed by atoms with Crippen molar-refractivity contribution < 1.29 is 9.53 Å². The van der Waals surface area contributed by atoms with Crippen LogP contribution in [0.15, 0.2) is 30.3 Å². The quantitative estimate of drug-likeness (QED) is 0.700.